The molecule has 0 unspecified atom stereocenters. The van der Waals surface area contributed by atoms with E-state index < -0.39 is 0 Å². The summed E-state index contributed by atoms with van der Waals surface area (Å²) in [7, 11) is 0. The maximum atomic E-state index is 5.39. The highest BCUT2D eigenvalue weighted by Crippen LogP contribution is 2.28. The molecule has 0 spiro atoms. The normalized spacial score (nSPS) is 15.7. The number of rotatable bonds is 4. The zero-order chi connectivity index (χ0) is 16.3. The predicted molar refractivity (Wildman–Crippen MR) is 93.2 cm³/mol. The molecule has 2 aromatic rings. The second-order valence-corrected chi connectivity index (χ2v) is 7.62. The van der Waals surface area contributed by atoms with Crippen molar-refractivity contribution < 1.29 is 4.74 Å². The van der Waals surface area contributed by atoms with Gasteiger partial charge in [-0.05, 0) is 17.7 Å². The molecule has 3 rings (SSSR count). The van der Waals surface area contributed by atoms with Crippen LogP contribution in [0.2, 0.25) is 0 Å². The van der Waals surface area contributed by atoms with E-state index in [4.69, 9.17) is 4.74 Å². The summed E-state index contributed by atoms with van der Waals surface area (Å²) in [5.74, 6) is 1.01. The van der Waals surface area contributed by atoms with Crippen LogP contribution in [0.1, 0.15) is 31.3 Å². The minimum absolute atomic E-state index is 0.0395. The molecule has 0 aromatic carbocycles. The molecule has 0 atom stereocenters. The van der Waals surface area contributed by atoms with Crippen molar-refractivity contribution in [2.45, 2.75) is 32.7 Å². The van der Waals surface area contributed by atoms with Gasteiger partial charge in [-0.3, -0.25) is 0 Å². The van der Waals surface area contributed by atoms with E-state index in [0.29, 0.717) is 0 Å². The largest absolute Gasteiger partial charge is 0.378 e. The number of hydrogen-bond donors (Lipinski definition) is 1. The van der Waals surface area contributed by atoms with E-state index in [1.807, 2.05) is 12.3 Å². The zero-order valence-electron chi connectivity index (χ0n) is 13.9. The number of aromatic nitrogens is 3. The van der Waals surface area contributed by atoms with Gasteiger partial charge in [0.25, 0.3) is 0 Å². The average Bonchev–Trinajstić information content (AvgIpc) is 3.03. The van der Waals surface area contributed by atoms with Crippen molar-refractivity contribution in [2.24, 2.45) is 0 Å². The predicted octanol–water partition coefficient (Wildman–Crippen LogP) is 2.68. The smallest absolute Gasteiger partial charge is 0.205 e. The Hall–Kier alpha value is -1.73. The van der Waals surface area contributed by atoms with Gasteiger partial charge in [0, 0.05) is 31.2 Å². The van der Waals surface area contributed by atoms with Gasteiger partial charge >= 0.3 is 0 Å². The van der Waals surface area contributed by atoms with Gasteiger partial charge in [-0.2, -0.15) is 0 Å². The van der Waals surface area contributed by atoms with Crippen LogP contribution in [-0.2, 0) is 16.7 Å². The first-order valence-corrected chi connectivity index (χ1v) is 8.69. The molecule has 3 heterocycles. The van der Waals surface area contributed by atoms with E-state index in [-0.39, 0.29) is 5.41 Å². The summed E-state index contributed by atoms with van der Waals surface area (Å²) in [4.78, 5) is 6.73. The molecule has 0 saturated carbocycles. The Morgan fingerprint density at radius 2 is 2.04 bits per heavy atom. The summed E-state index contributed by atoms with van der Waals surface area (Å²) in [5, 5.41) is 13.8. The minimum atomic E-state index is 0.0395. The Kier molecular flexibility index (Phi) is 4.77. The Labute approximate surface area is 140 Å². The monoisotopic (exact) mass is 333 g/mol. The summed E-state index contributed by atoms with van der Waals surface area (Å²) >= 11 is 1.62. The van der Waals surface area contributed by atoms with Crippen molar-refractivity contribution in [3.8, 4) is 0 Å². The molecular weight excluding hydrogens is 310 g/mol. The average molecular weight is 333 g/mol. The van der Waals surface area contributed by atoms with Crippen molar-refractivity contribution >= 4 is 22.3 Å². The summed E-state index contributed by atoms with van der Waals surface area (Å²) in [6.45, 7) is 10.5. The standard InChI is InChI=1S/C16H23N5OS/c1-16(2,3)14-19-20-15(23-14)18-11-12-4-5-17-13(10-12)21-6-8-22-9-7-21/h4-5,10H,6-9,11H2,1-3H3,(H,18,20). The highest BCUT2D eigenvalue weighted by atomic mass is 32.1. The molecule has 1 saturated heterocycles. The lowest BCUT2D eigenvalue weighted by atomic mass is 9.98. The lowest BCUT2D eigenvalue weighted by molar-refractivity contribution is 0.122. The van der Waals surface area contributed by atoms with Gasteiger partial charge in [0.1, 0.15) is 10.8 Å². The third-order valence-corrected chi connectivity index (χ3v) is 4.96. The Morgan fingerprint density at radius 1 is 1.26 bits per heavy atom. The van der Waals surface area contributed by atoms with Crippen molar-refractivity contribution in [3.63, 3.8) is 0 Å². The first kappa shape index (κ1) is 16.1. The first-order valence-electron chi connectivity index (χ1n) is 7.88. The van der Waals surface area contributed by atoms with Crippen molar-refractivity contribution in [2.75, 3.05) is 36.5 Å². The number of morpholine rings is 1. The van der Waals surface area contributed by atoms with Crippen LogP contribution >= 0.6 is 11.3 Å². The maximum absolute atomic E-state index is 5.39. The number of ether oxygens (including phenoxy) is 1. The van der Waals surface area contributed by atoms with Crippen molar-refractivity contribution in [3.05, 3.63) is 28.9 Å². The quantitative estimate of drug-likeness (QED) is 0.928. The molecular formula is C16H23N5OS. The van der Waals surface area contributed by atoms with Crippen LogP contribution in [0.4, 0.5) is 10.9 Å². The van der Waals surface area contributed by atoms with Gasteiger partial charge in [0.05, 0.1) is 13.2 Å². The van der Waals surface area contributed by atoms with E-state index >= 15 is 0 Å². The summed E-state index contributed by atoms with van der Waals surface area (Å²) in [6.07, 6.45) is 1.86. The lowest BCUT2D eigenvalue weighted by Crippen LogP contribution is -2.36. The fourth-order valence-electron chi connectivity index (χ4n) is 2.31. The van der Waals surface area contributed by atoms with Crippen LogP contribution in [0, 0.1) is 0 Å². The van der Waals surface area contributed by atoms with Gasteiger partial charge < -0.3 is 15.0 Å². The molecule has 1 aliphatic rings. The van der Waals surface area contributed by atoms with Crippen LogP contribution in [0.3, 0.4) is 0 Å². The van der Waals surface area contributed by atoms with Gasteiger partial charge in [0.2, 0.25) is 5.13 Å². The van der Waals surface area contributed by atoms with Gasteiger partial charge in [0.15, 0.2) is 0 Å². The fourth-order valence-corrected chi connectivity index (χ4v) is 3.11. The molecule has 23 heavy (non-hydrogen) atoms. The van der Waals surface area contributed by atoms with E-state index in [2.05, 4.69) is 52.2 Å². The number of nitrogens with zero attached hydrogens (tertiary/aromatic N) is 4. The van der Waals surface area contributed by atoms with Crippen LogP contribution in [-0.4, -0.2) is 41.5 Å². The van der Waals surface area contributed by atoms with Crippen LogP contribution in [0.5, 0.6) is 0 Å². The summed E-state index contributed by atoms with van der Waals surface area (Å²) in [5.41, 5.74) is 1.23. The molecule has 2 aromatic heterocycles. The molecule has 124 valence electrons. The lowest BCUT2D eigenvalue weighted by Gasteiger charge is -2.28. The number of anilines is 2. The SMILES string of the molecule is CC(C)(C)c1nnc(NCc2ccnc(N3CCOCC3)c2)s1. The van der Waals surface area contributed by atoms with Crippen LogP contribution < -0.4 is 10.2 Å². The second kappa shape index (κ2) is 6.80. The number of nitrogens with one attached hydrogen (secondary N) is 1. The maximum Gasteiger partial charge on any atom is 0.205 e. The molecule has 1 N–H and O–H groups in total. The molecule has 0 amide bonds. The Bertz CT molecular complexity index is 646. The van der Waals surface area contributed by atoms with Crippen molar-refractivity contribution in [1.82, 2.24) is 15.2 Å². The minimum Gasteiger partial charge on any atom is -0.378 e. The molecule has 1 aliphatic heterocycles. The van der Waals surface area contributed by atoms with Gasteiger partial charge in [-0.15, -0.1) is 10.2 Å². The van der Waals surface area contributed by atoms with E-state index in [0.717, 1.165) is 48.8 Å². The Morgan fingerprint density at radius 3 is 2.74 bits per heavy atom. The molecule has 7 heteroatoms. The fraction of sp³-hybridized carbons (Fsp3) is 0.562. The number of hydrogen-bond acceptors (Lipinski definition) is 7. The van der Waals surface area contributed by atoms with E-state index in [9.17, 15) is 0 Å². The van der Waals surface area contributed by atoms with Crippen LogP contribution in [0.25, 0.3) is 0 Å². The summed E-state index contributed by atoms with van der Waals surface area (Å²) in [6, 6.07) is 4.16. The third-order valence-electron chi connectivity index (χ3n) is 3.66. The third kappa shape index (κ3) is 4.17. The zero-order valence-corrected chi connectivity index (χ0v) is 14.7. The van der Waals surface area contributed by atoms with Crippen LogP contribution in [0.15, 0.2) is 18.3 Å². The Balaban J connectivity index is 1.63. The van der Waals surface area contributed by atoms with E-state index in [1.165, 1.54) is 5.56 Å². The van der Waals surface area contributed by atoms with Gasteiger partial charge in [-0.25, -0.2) is 4.98 Å². The first-order chi connectivity index (χ1) is 11.0. The second-order valence-electron chi connectivity index (χ2n) is 6.64. The topological polar surface area (TPSA) is 63.2 Å². The van der Waals surface area contributed by atoms with E-state index in [1.54, 1.807) is 11.3 Å². The molecule has 0 bridgehead atoms. The highest BCUT2D eigenvalue weighted by molar-refractivity contribution is 7.15. The molecule has 0 aliphatic carbocycles. The van der Waals surface area contributed by atoms with Gasteiger partial charge in [-0.1, -0.05) is 32.1 Å². The molecule has 0 radical (unpaired) electrons. The molecule has 6 nitrogen and oxygen atoms in total. The summed E-state index contributed by atoms with van der Waals surface area (Å²) < 4.78 is 5.39. The highest BCUT2D eigenvalue weighted by Gasteiger charge is 2.19. The van der Waals surface area contributed by atoms with Crippen molar-refractivity contribution in [1.29, 1.82) is 0 Å². The number of pyridine rings is 1. The molecule has 1 fully saturated rings.